The van der Waals surface area contributed by atoms with Crippen LogP contribution in [-0.4, -0.2) is 60.7 Å². The number of primary sulfonamides is 1. The Kier molecular flexibility index (Phi) is 6.09. The molecule has 5 N–H and O–H groups in total. The van der Waals surface area contributed by atoms with Gasteiger partial charge in [-0.3, -0.25) is 0 Å². The molecule has 0 amide bonds. The first-order chi connectivity index (χ1) is 10.8. The highest BCUT2D eigenvalue weighted by molar-refractivity contribution is 7.89. The van der Waals surface area contributed by atoms with Crippen LogP contribution in [0.5, 0.6) is 0 Å². The number of hydrogen-bond donors (Lipinski definition) is 4. The first-order valence-corrected chi connectivity index (χ1v) is 8.82. The molecule has 0 bridgehead atoms. The van der Waals surface area contributed by atoms with Gasteiger partial charge in [-0.1, -0.05) is 30.3 Å². The Bertz CT molecular complexity index is 594. The van der Waals surface area contributed by atoms with E-state index in [4.69, 9.17) is 14.6 Å². The predicted molar refractivity (Wildman–Crippen MR) is 80.5 cm³/mol. The summed E-state index contributed by atoms with van der Waals surface area (Å²) in [5.41, 5.74) is 0.826. The highest BCUT2D eigenvalue weighted by Gasteiger charge is 2.46. The third-order valence-electron chi connectivity index (χ3n) is 3.69. The molecule has 1 fully saturated rings. The van der Waals surface area contributed by atoms with Gasteiger partial charge in [-0.15, -0.1) is 0 Å². The van der Waals surface area contributed by atoms with Crippen molar-refractivity contribution in [1.82, 2.24) is 0 Å². The SMILES string of the molecule is NS(=O)(=O)C[C@H]1[C@H](OCc2ccccc2)O[C@H](CO)[C@@H](O)[C@@H]1O. The Hall–Kier alpha value is -1.07. The molecular formula is C14H21NO7S. The zero-order chi connectivity index (χ0) is 17.0. The minimum absolute atomic E-state index is 0.119. The summed E-state index contributed by atoms with van der Waals surface area (Å²) in [4.78, 5) is 0. The number of nitrogens with two attached hydrogens (primary N) is 1. The molecule has 2 rings (SSSR count). The Labute approximate surface area is 134 Å². The van der Waals surface area contributed by atoms with E-state index in [1.165, 1.54) is 0 Å². The second kappa shape index (κ2) is 7.67. The van der Waals surface area contributed by atoms with Gasteiger partial charge in [-0.2, -0.15) is 0 Å². The van der Waals surface area contributed by atoms with Gasteiger partial charge in [0, 0.05) is 0 Å². The molecule has 0 saturated carbocycles. The lowest BCUT2D eigenvalue weighted by Gasteiger charge is -2.41. The van der Waals surface area contributed by atoms with E-state index in [0.717, 1.165) is 5.56 Å². The summed E-state index contributed by atoms with van der Waals surface area (Å²) in [6.07, 6.45) is -5.06. The zero-order valence-electron chi connectivity index (χ0n) is 12.4. The number of rotatable bonds is 6. The van der Waals surface area contributed by atoms with E-state index in [9.17, 15) is 23.7 Å². The number of aliphatic hydroxyl groups excluding tert-OH is 3. The minimum Gasteiger partial charge on any atom is -0.394 e. The average molecular weight is 347 g/mol. The van der Waals surface area contributed by atoms with Gasteiger partial charge in [0.1, 0.15) is 12.2 Å². The summed E-state index contributed by atoms with van der Waals surface area (Å²) in [5, 5.41) is 34.2. The second-order valence-electron chi connectivity index (χ2n) is 5.50. The summed E-state index contributed by atoms with van der Waals surface area (Å²) in [7, 11) is -3.91. The molecule has 130 valence electrons. The third-order valence-corrected chi connectivity index (χ3v) is 4.54. The van der Waals surface area contributed by atoms with Crippen LogP contribution in [0.1, 0.15) is 5.56 Å². The number of aliphatic hydroxyl groups is 3. The van der Waals surface area contributed by atoms with Crippen LogP contribution in [0.4, 0.5) is 0 Å². The van der Waals surface area contributed by atoms with Crippen molar-refractivity contribution in [1.29, 1.82) is 0 Å². The minimum atomic E-state index is -3.91. The Morgan fingerprint density at radius 1 is 1.17 bits per heavy atom. The molecule has 0 aromatic heterocycles. The molecule has 1 heterocycles. The maximum Gasteiger partial charge on any atom is 0.209 e. The topological polar surface area (TPSA) is 139 Å². The average Bonchev–Trinajstić information content (AvgIpc) is 2.51. The highest BCUT2D eigenvalue weighted by Crippen LogP contribution is 2.28. The van der Waals surface area contributed by atoms with Crippen molar-refractivity contribution < 1.29 is 33.2 Å². The molecule has 0 radical (unpaired) electrons. The van der Waals surface area contributed by atoms with E-state index in [2.05, 4.69) is 0 Å². The van der Waals surface area contributed by atoms with Crippen molar-refractivity contribution in [3.63, 3.8) is 0 Å². The van der Waals surface area contributed by atoms with E-state index < -0.39 is 52.9 Å². The first kappa shape index (κ1) is 18.3. The number of ether oxygens (including phenoxy) is 2. The van der Waals surface area contributed by atoms with Gasteiger partial charge in [0.15, 0.2) is 6.29 Å². The molecule has 8 nitrogen and oxygen atoms in total. The van der Waals surface area contributed by atoms with Crippen LogP contribution in [0, 0.1) is 5.92 Å². The largest absolute Gasteiger partial charge is 0.394 e. The van der Waals surface area contributed by atoms with Crippen molar-refractivity contribution in [2.75, 3.05) is 12.4 Å². The quantitative estimate of drug-likeness (QED) is 0.493. The van der Waals surface area contributed by atoms with Crippen LogP contribution in [0.25, 0.3) is 0 Å². The maximum atomic E-state index is 11.3. The molecule has 5 atom stereocenters. The van der Waals surface area contributed by atoms with Gasteiger partial charge in [0.25, 0.3) is 0 Å². The molecule has 0 aliphatic carbocycles. The van der Waals surface area contributed by atoms with Gasteiger partial charge in [-0.05, 0) is 5.56 Å². The fraction of sp³-hybridized carbons (Fsp3) is 0.571. The lowest BCUT2D eigenvalue weighted by molar-refractivity contribution is -0.284. The van der Waals surface area contributed by atoms with Crippen molar-refractivity contribution in [3.05, 3.63) is 35.9 Å². The third kappa shape index (κ3) is 4.95. The summed E-state index contributed by atoms with van der Waals surface area (Å²) in [6.45, 7) is -0.418. The van der Waals surface area contributed by atoms with Crippen LogP contribution in [0.3, 0.4) is 0 Å². The fourth-order valence-electron chi connectivity index (χ4n) is 2.50. The molecule has 1 aromatic rings. The molecule has 1 aliphatic rings. The van der Waals surface area contributed by atoms with Crippen LogP contribution in [0.2, 0.25) is 0 Å². The van der Waals surface area contributed by atoms with Gasteiger partial charge in [-0.25, -0.2) is 13.6 Å². The fourth-order valence-corrected chi connectivity index (χ4v) is 3.39. The summed E-state index contributed by atoms with van der Waals surface area (Å²) in [5.74, 6) is -1.67. The van der Waals surface area contributed by atoms with Crippen molar-refractivity contribution in [3.8, 4) is 0 Å². The smallest absolute Gasteiger partial charge is 0.209 e. The summed E-state index contributed by atoms with van der Waals surface area (Å²) < 4.78 is 33.6. The van der Waals surface area contributed by atoms with E-state index in [1.807, 2.05) is 30.3 Å². The zero-order valence-corrected chi connectivity index (χ0v) is 13.2. The standard InChI is InChI=1S/C14H21NO7S/c15-23(19,20)8-10-12(17)13(18)11(6-16)22-14(10)21-7-9-4-2-1-3-5-9/h1-5,10-14,16-18H,6-8H2,(H2,15,19,20)/t10-,11-,12-,13-,14-/m1/s1. The van der Waals surface area contributed by atoms with Gasteiger partial charge < -0.3 is 24.8 Å². The van der Waals surface area contributed by atoms with Crippen LogP contribution in [-0.2, 0) is 26.1 Å². The number of benzene rings is 1. The van der Waals surface area contributed by atoms with Gasteiger partial charge >= 0.3 is 0 Å². The maximum absolute atomic E-state index is 11.3. The van der Waals surface area contributed by atoms with Crippen molar-refractivity contribution in [2.24, 2.45) is 11.1 Å². The van der Waals surface area contributed by atoms with Gasteiger partial charge in [0.2, 0.25) is 10.0 Å². The monoisotopic (exact) mass is 347 g/mol. The van der Waals surface area contributed by atoms with Gasteiger partial charge in [0.05, 0.1) is 31.0 Å². The van der Waals surface area contributed by atoms with Crippen molar-refractivity contribution in [2.45, 2.75) is 31.2 Å². The normalized spacial score (nSPS) is 31.9. The molecule has 9 heteroatoms. The van der Waals surface area contributed by atoms with E-state index in [-0.39, 0.29) is 6.61 Å². The molecule has 1 aliphatic heterocycles. The molecule has 1 aromatic carbocycles. The highest BCUT2D eigenvalue weighted by atomic mass is 32.2. The first-order valence-electron chi connectivity index (χ1n) is 7.10. The van der Waals surface area contributed by atoms with E-state index in [0.29, 0.717) is 0 Å². The molecule has 0 unspecified atom stereocenters. The molecule has 23 heavy (non-hydrogen) atoms. The lowest BCUT2D eigenvalue weighted by Crippen LogP contribution is -2.58. The molecular weight excluding hydrogens is 326 g/mol. The molecule has 1 saturated heterocycles. The molecule has 0 spiro atoms. The predicted octanol–water partition coefficient (Wildman–Crippen LogP) is -1.45. The van der Waals surface area contributed by atoms with E-state index >= 15 is 0 Å². The number of hydrogen-bond acceptors (Lipinski definition) is 7. The van der Waals surface area contributed by atoms with Crippen LogP contribution in [0.15, 0.2) is 30.3 Å². The summed E-state index contributed by atoms with van der Waals surface area (Å²) in [6, 6.07) is 9.10. The Morgan fingerprint density at radius 3 is 2.39 bits per heavy atom. The Balaban J connectivity index is 2.13. The van der Waals surface area contributed by atoms with Crippen molar-refractivity contribution >= 4 is 10.0 Å². The second-order valence-corrected chi connectivity index (χ2v) is 7.16. The lowest BCUT2D eigenvalue weighted by atomic mass is 9.92. The Morgan fingerprint density at radius 2 is 1.83 bits per heavy atom. The summed E-state index contributed by atoms with van der Waals surface area (Å²) >= 11 is 0. The van der Waals surface area contributed by atoms with E-state index in [1.54, 1.807) is 0 Å². The number of sulfonamides is 1. The van der Waals surface area contributed by atoms with Crippen LogP contribution >= 0.6 is 0 Å². The van der Waals surface area contributed by atoms with Crippen LogP contribution < -0.4 is 5.14 Å².